The van der Waals surface area contributed by atoms with Crippen LogP contribution >= 0.6 is 0 Å². The van der Waals surface area contributed by atoms with Crippen molar-refractivity contribution in [1.82, 2.24) is 9.97 Å². The second-order valence-electron chi connectivity index (χ2n) is 3.91. The van der Waals surface area contributed by atoms with Gasteiger partial charge in [0.25, 0.3) is 0 Å². The summed E-state index contributed by atoms with van der Waals surface area (Å²) in [5.41, 5.74) is 4.65. The molecule has 0 bridgehead atoms. The average molecular weight is 254 g/mol. The highest BCUT2D eigenvalue weighted by molar-refractivity contribution is 5.45. The highest BCUT2D eigenvalue weighted by Gasteiger charge is 2.09. The van der Waals surface area contributed by atoms with Crippen molar-refractivity contribution in [3.63, 3.8) is 0 Å². The Morgan fingerprint density at radius 3 is 2.61 bits per heavy atom. The second-order valence-corrected chi connectivity index (χ2v) is 3.91. The van der Waals surface area contributed by atoms with Gasteiger partial charge in [0, 0.05) is 24.8 Å². The fourth-order valence-electron chi connectivity index (χ4n) is 1.72. The van der Waals surface area contributed by atoms with Gasteiger partial charge in [0.05, 0.1) is 19.8 Å². The fourth-order valence-corrected chi connectivity index (χ4v) is 1.72. The molecule has 3 N–H and O–H groups in total. The maximum atomic E-state index is 5.47. The lowest BCUT2D eigenvalue weighted by Gasteiger charge is -2.11. The number of hydrogen-bond acceptors (Lipinski definition) is 6. The lowest BCUT2D eigenvalue weighted by atomic mass is 10.1. The molecule has 0 fully saturated rings. The molecule has 0 aliphatic heterocycles. The van der Waals surface area contributed by atoms with Gasteiger partial charge in [-0.3, -0.25) is 0 Å². The SMILES string of the molecule is CCc1c(C)nc(CCOCCOC)nc1NN. The van der Waals surface area contributed by atoms with Crippen LogP contribution < -0.4 is 11.3 Å². The summed E-state index contributed by atoms with van der Waals surface area (Å²) in [6.07, 6.45) is 1.53. The Morgan fingerprint density at radius 2 is 2.00 bits per heavy atom. The number of ether oxygens (including phenoxy) is 2. The van der Waals surface area contributed by atoms with Crippen LogP contribution in [0.4, 0.5) is 5.82 Å². The summed E-state index contributed by atoms with van der Waals surface area (Å²) in [5, 5.41) is 0. The molecule has 0 spiro atoms. The minimum atomic E-state index is 0.582. The largest absolute Gasteiger partial charge is 0.382 e. The van der Waals surface area contributed by atoms with Crippen LogP contribution in [0.15, 0.2) is 0 Å². The predicted molar refractivity (Wildman–Crippen MR) is 70.4 cm³/mol. The highest BCUT2D eigenvalue weighted by atomic mass is 16.5. The smallest absolute Gasteiger partial charge is 0.147 e. The molecule has 0 radical (unpaired) electrons. The fraction of sp³-hybridized carbons (Fsp3) is 0.667. The highest BCUT2D eigenvalue weighted by Crippen LogP contribution is 2.15. The molecule has 0 saturated heterocycles. The first-order valence-corrected chi connectivity index (χ1v) is 6.12. The zero-order valence-electron chi connectivity index (χ0n) is 11.3. The summed E-state index contributed by atoms with van der Waals surface area (Å²) in [5.74, 6) is 6.92. The molecule has 0 aliphatic rings. The van der Waals surface area contributed by atoms with Gasteiger partial charge in [-0.15, -0.1) is 0 Å². The molecule has 1 rings (SSSR count). The Labute approximate surface area is 108 Å². The number of rotatable bonds is 8. The van der Waals surface area contributed by atoms with E-state index in [4.69, 9.17) is 15.3 Å². The zero-order valence-corrected chi connectivity index (χ0v) is 11.3. The van der Waals surface area contributed by atoms with Crippen molar-refractivity contribution in [2.75, 3.05) is 32.4 Å². The van der Waals surface area contributed by atoms with E-state index in [0.717, 1.165) is 23.5 Å². The van der Waals surface area contributed by atoms with Crippen LogP contribution in [0, 0.1) is 6.92 Å². The Balaban J connectivity index is 2.58. The molecule has 1 aromatic heterocycles. The molecule has 0 aromatic carbocycles. The van der Waals surface area contributed by atoms with Gasteiger partial charge in [0.15, 0.2) is 0 Å². The number of hydrazine groups is 1. The van der Waals surface area contributed by atoms with E-state index < -0.39 is 0 Å². The van der Waals surface area contributed by atoms with Gasteiger partial charge in [-0.25, -0.2) is 15.8 Å². The quantitative estimate of drug-likeness (QED) is 0.406. The number of anilines is 1. The van der Waals surface area contributed by atoms with Gasteiger partial charge in [-0.2, -0.15) is 0 Å². The Kier molecular flexibility index (Phi) is 6.56. The summed E-state index contributed by atoms with van der Waals surface area (Å²) >= 11 is 0. The summed E-state index contributed by atoms with van der Waals surface area (Å²) < 4.78 is 10.3. The minimum absolute atomic E-state index is 0.582. The van der Waals surface area contributed by atoms with Crippen LogP contribution in [-0.4, -0.2) is 36.9 Å². The first-order chi connectivity index (χ1) is 8.72. The predicted octanol–water partition coefficient (Wildman–Crippen LogP) is 0.839. The number of nitrogens with two attached hydrogens (primary N) is 1. The molecule has 1 aromatic rings. The molecule has 0 unspecified atom stereocenters. The van der Waals surface area contributed by atoms with Crippen LogP contribution in [-0.2, 0) is 22.3 Å². The van der Waals surface area contributed by atoms with Crippen molar-refractivity contribution in [1.29, 1.82) is 0 Å². The Hall–Kier alpha value is -1.24. The van der Waals surface area contributed by atoms with Crippen molar-refractivity contribution < 1.29 is 9.47 Å². The van der Waals surface area contributed by atoms with Crippen molar-refractivity contribution in [3.8, 4) is 0 Å². The zero-order chi connectivity index (χ0) is 13.4. The van der Waals surface area contributed by atoms with Gasteiger partial charge >= 0.3 is 0 Å². The molecule has 6 nitrogen and oxygen atoms in total. The van der Waals surface area contributed by atoms with Gasteiger partial charge in [0.1, 0.15) is 11.6 Å². The maximum Gasteiger partial charge on any atom is 0.147 e. The number of methoxy groups -OCH3 is 1. The molecule has 1 heterocycles. The first-order valence-electron chi connectivity index (χ1n) is 6.12. The van der Waals surface area contributed by atoms with Crippen LogP contribution in [0.1, 0.15) is 24.0 Å². The summed E-state index contributed by atoms with van der Waals surface area (Å²) in [6.45, 7) is 5.80. The third-order valence-corrected chi connectivity index (χ3v) is 2.65. The number of aryl methyl sites for hydroxylation is 1. The number of aromatic nitrogens is 2. The number of nitrogens with one attached hydrogen (secondary N) is 1. The molecule has 0 atom stereocenters. The minimum Gasteiger partial charge on any atom is -0.382 e. The van der Waals surface area contributed by atoms with Crippen molar-refractivity contribution in [2.45, 2.75) is 26.7 Å². The van der Waals surface area contributed by atoms with E-state index in [1.54, 1.807) is 7.11 Å². The number of nitrogen functional groups attached to an aromatic ring is 1. The molecule has 6 heteroatoms. The third-order valence-electron chi connectivity index (χ3n) is 2.65. The van der Waals surface area contributed by atoms with E-state index in [9.17, 15) is 0 Å². The van der Waals surface area contributed by atoms with E-state index in [-0.39, 0.29) is 0 Å². The van der Waals surface area contributed by atoms with Gasteiger partial charge in [-0.05, 0) is 13.3 Å². The van der Waals surface area contributed by atoms with E-state index in [1.807, 2.05) is 6.92 Å². The summed E-state index contributed by atoms with van der Waals surface area (Å²) in [7, 11) is 1.65. The second kappa shape index (κ2) is 7.97. The Bertz CT molecular complexity index is 371. The van der Waals surface area contributed by atoms with E-state index in [2.05, 4.69) is 22.3 Å². The topological polar surface area (TPSA) is 82.3 Å². The lowest BCUT2D eigenvalue weighted by Crippen LogP contribution is -2.15. The number of hydrogen-bond donors (Lipinski definition) is 2. The molecular formula is C12H22N4O2. The van der Waals surface area contributed by atoms with Crippen LogP contribution in [0.3, 0.4) is 0 Å². The average Bonchev–Trinajstić information content (AvgIpc) is 2.37. The van der Waals surface area contributed by atoms with Crippen LogP contribution in [0.25, 0.3) is 0 Å². The van der Waals surface area contributed by atoms with E-state index in [0.29, 0.717) is 32.1 Å². The molecule has 18 heavy (non-hydrogen) atoms. The van der Waals surface area contributed by atoms with Crippen molar-refractivity contribution in [2.24, 2.45) is 5.84 Å². The van der Waals surface area contributed by atoms with E-state index in [1.165, 1.54) is 0 Å². The molecule has 0 aliphatic carbocycles. The molecule has 0 saturated carbocycles. The summed E-state index contributed by atoms with van der Waals surface area (Å²) in [4.78, 5) is 8.83. The van der Waals surface area contributed by atoms with Crippen LogP contribution in [0.5, 0.6) is 0 Å². The molecule has 0 amide bonds. The monoisotopic (exact) mass is 254 g/mol. The normalized spacial score (nSPS) is 10.7. The molecule has 102 valence electrons. The lowest BCUT2D eigenvalue weighted by molar-refractivity contribution is 0.0716. The van der Waals surface area contributed by atoms with Crippen molar-refractivity contribution >= 4 is 5.82 Å². The Morgan fingerprint density at radius 1 is 1.22 bits per heavy atom. The first kappa shape index (κ1) is 14.8. The molecular weight excluding hydrogens is 232 g/mol. The van der Waals surface area contributed by atoms with Gasteiger partial charge < -0.3 is 14.9 Å². The van der Waals surface area contributed by atoms with Gasteiger partial charge in [-0.1, -0.05) is 6.92 Å². The van der Waals surface area contributed by atoms with E-state index >= 15 is 0 Å². The summed E-state index contributed by atoms with van der Waals surface area (Å²) in [6, 6.07) is 0. The van der Waals surface area contributed by atoms with Crippen LogP contribution in [0.2, 0.25) is 0 Å². The maximum absolute atomic E-state index is 5.47. The number of nitrogens with zero attached hydrogens (tertiary/aromatic N) is 2. The van der Waals surface area contributed by atoms with Gasteiger partial charge in [0.2, 0.25) is 0 Å². The van der Waals surface area contributed by atoms with Crippen molar-refractivity contribution in [3.05, 3.63) is 17.1 Å². The standard InChI is InChI=1S/C12H22N4O2/c1-4-10-9(2)14-11(15-12(10)16-13)5-6-18-8-7-17-3/h4-8,13H2,1-3H3,(H,14,15,16). The third kappa shape index (κ3) is 4.21.